The Hall–Kier alpha value is -1.39. The molecule has 110 valence electrons. The summed E-state index contributed by atoms with van der Waals surface area (Å²) in [5.74, 6) is -2.01. The molecule has 0 amide bonds. The average Bonchev–Trinajstić information content (AvgIpc) is 2.44. The fraction of sp³-hybridized carbons (Fsp3) is 0.188. The Morgan fingerprint density at radius 1 is 1.19 bits per heavy atom. The van der Waals surface area contributed by atoms with E-state index in [-0.39, 0.29) is 12.2 Å². The summed E-state index contributed by atoms with van der Waals surface area (Å²) in [6, 6.07) is 11.6. The molecular formula is C16H13BrClFO2. The van der Waals surface area contributed by atoms with Gasteiger partial charge in [0.25, 0.3) is 0 Å². The van der Waals surface area contributed by atoms with Crippen molar-refractivity contribution >= 4 is 33.5 Å². The number of rotatable bonds is 5. The number of carboxylic acids is 1. The van der Waals surface area contributed by atoms with Crippen LogP contribution in [0.15, 0.2) is 46.9 Å². The summed E-state index contributed by atoms with van der Waals surface area (Å²) in [7, 11) is 0. The van der Waals surface area contributed by atoms with Gasteiger partial charge < -0.3 is 5.11 Å². The third-order valence-corrected chi connectivity index (χ3v) is 3.96. The number of carbonyl (C=O) groups is 1. The van der Waals surface area contributed by atoms with Gasteiger partial charge in [0, 0.05) is 9.50 Å². The first-order valence-corrected chi connectivity index (χ1v) is 7.54. The van der Waals surface area contributed by atoms with Gasteiger partial charge in [0.1, 0.15) is 5.82 Å². The molecule has 21 heavy (non-hydrogen) atoms. The van der Waals surface area contributed by atoms with Crippen molar-refractivity contribution in [1.29, 1.82) is 0 Å². The number of hydrogen-bond acceptors (Lipinski definition) is 1. The zero-order chi connectivity index (χ0) is 15.4. The molecule has 0 fully saturated rings. The topological polar surface area (TPSA) is 37.3 Å². The van der Waals surface area contributed by atoms with E-state index in [0.717, 1.165) is 10.0 Å². The predicted molar refractivity (Wildman–Crippen MR) is 84.1 cm³/mol. The smallest absolute Gasteiger partial charge is 0.307 e. The summed E-state index contributed by atoms with van der Waals surface area (Å²) in [5, 5.41) is 9.95. The van der Waals surface area contributed by atoms with E-state index >= 15 is 0 Å². The maximum atomic E-state index is 13.8. The highest BCUT2D eigenvalue weighted by atomic mass is 79.9. The lowest BCUT2D eigenvalue weighted by molar-refractivity contribution is -0.141. The maximum absolute atomic E-state index is 13.8. The zero-order valence-corrected chi connectivity index (χ0v) is 13.4. The summed E-state index contributed by atoms with van der Waals surface area (Å²) in [6.45, 7) is 0. The first kappa shape index (κ1) is 16.0. The molecule has 0 radical (unpaired) electrons. The molecule has 0 aromatic heterocycles. The van der Waals surface area contributed by atoms with Gasteiger partial charge in [-0.1, -0.05) is 39.7 Å². The average molecular weight is 372 g/mol. The van der Waals surface area contributed by atoms with E-state index in [1.807, 2.05) is 0 Å². The fourth-order valence-corrected chi connectivity index (χ4v) is 2.65. The highest BCUT2D eigenvalue weighted by Gasteiger charge is 2.20. The molecule has 2 rings (SSSR count). The Balaban J connectivity index is 2.17. The Kier molecular flexibility index (Phi) is 5.37. The van der Waals surface area contributed by atoms with Gasteiger partial charge in [0.05, 0.1) is 5.92 Å². The molecule has 1 unspecified atom stereocenters. The summed E-state index contributed by atoms with van der Waals surface area (Å²) < 4.78 is 14.5. The van der Waals surface area contributed by atoms with Gasteiger partial charge in [-0.25, -0.2) is 4.39 Å². The van der Waals surface area contributed by atoms with E-state index in [4.69, 9.17) is 11.6 Å². The van der Waals surface area contributed by atoms with Crippen molar-refractivity contribution in [3.63, 3.8) is 0 Å². The van der Waals surface area contributed by atoms with E-state index in [1.165, 1.54) is 6.07 Å². The maximum Gasteiger partial charge on any atom is 0.307 e. The van der Waals surface area contributed by atoms with E-state index in [2.05, 4.69) is 15.9 Å². The first-order valence-electron chi connectivity index (χ1n) is 6.37. The second-order valence-corrected chi connectivity index (χ2v) is 6.16. The Labute approximate surface area is 135 Å². The molecule has 0 saturated heterocycles. The number of aliphatic carboxylic acids is 1. The molecule has 0 heterocycles. The van der Waals surface area contributed by atoms with E-state index in [9.17, 15) is 14.3 Å². The lowest BCUT2D eigenvalue weighted by Crippen LogP contribution is -2.19. The van der Waals surface area contributed by atoms with Crippen LogP contribution < -0.4 is 0 Å². The summed E-state index contributed by atoms with van der Waals surface area (Å²) in [6.07, 6.45) is 0.474. The van der Waals surface area contributed by atoms with Gasteiger partial charge in [0.2, 0.25) is 0 Å². The van der Waals surface area contributed by atoms with Crippen molar-refractivity contribution < 1.29 is 14.3 Å². The minimum atomic E-state index is -0.940. The number of halogens is 3. The Morgan fingerprint density at radius 2 is 1.86 bits per heavy atom. The summed E-state index contributed by atoms with van der Waals surface area (Å²) in [5.41, 5.74) is 1.26. The molecule has 0 aliphatic heterocycles. The van der Waals surface area contributed by atoms with Gasteiger partial charge in [-0.2, -0.15) is 0 Å². The van der Waals surface area contributed by atoms with Crippen molar-refractivity contribution in [3.8, 4) is 0 Å². The summed E-state index contributed by atoms with van der Waals surface area (Å²) in [4.78, 5) is 11.4. The molecule has 2 aromatic rings. The van der Waals surface area contributed by atoms with Gasteiger partial charge in [-0.05, 0) is 54.3 Å². The van der Waals surface area contributed by atoms with Crippen LogP contribution in [0.3, 0.4) is 0 Å². The van der Waals surface area contributed by atoms with Gasteiger partial charge >= 0.3 is 5.97 Å². The molecule has 0 saturated carbocycles. The molecule has 2 nitrogen and oxygen atoms in total. The standard InChI is InChI=1S/C16H13BrClFO2/c17-13-3-6-15(19)11(9-13)8-12(16(20)21)7-10-1-4-14(18)5-2-10/h1-6,9,12H,7-8H2,(H,20,21). The van der Waals surface area contributed by atoms with Crippen molar-refractivity contribution in [1.82, 2.24) is 0 Å². The molecule has 0 aliphatic carbocycles. The second kappa shape index (κ2) is 7.05. The summed E-state index contributed by atoms with van der Waals surface area (Å²) >= 11 is 9.08. The van der Waals surface area contributed by atoms with Gasteiger partial charge in [-0.3, -0.25) is 4.79 Å². The molecular weight excluding hydrogens is 359 g/mol. The third-order valence-electron chi connectivity index (χ3n) is 3.22. The van der Waals surface area contributed by atoms with Crippen LogP contribution in [0.5, 0.6) is 0 Å². The highest BCUT2D eigenvalue weighted by Crippen LogP contribution is 2.21. The first-order chi connectivity index (χ1) is 9.95. The molecule has 0 spiro atoms. The minimum absolute atomic E-state index is 0.142. The quantitative estimate of drug-likeness (QED) is 0.825. The van der Waals surface area contributed by atoms with Gasteiger partial charge in [-0.15, -0.1) is 0 Å². The van der Waals surface area contributed by atoms with Gasteiger partial charge in [0.15, 0.2) is 0 Å². The van der Waals surface area contributed by atoms with Crippen LogP contribution in [0.1, 0.15) is 11.1 Å². The highest BCUT2D eigenvalue weighted by molar-refractivity contribution is 9.10. The van der Waals surface area contributed by atoms with Crippen LogP contribution in [-0.4, -0.2) is 11.1 Å². The molecule has 0 bridgehead atoms. The second-order valence-electron chi connectivity index (χ2n) is 4.81. The number of carboxylic acid groups (broad SMARTS) is 1. The Morgan fingerprint density at radius 3 is 2.48 bits per heavy atom. The Bertz CT molecular complexity index is 643. The van der Waals surface area contributed by atoms with Crippen LogP contribution in [0, 0.1) is 11.7 Å². The SMILES string of the molecule is O=C(O)C(Cc1ccc(Cl)cc1)Cc1cc(Br)ccc1F. The molecule has 5 heteroatoms. The minimum Gasteiger partial charge on any atom is -0.481 e. The van der Waals surface area contributed by atoms with Crippen LogP contribution in [0.4, 0.5) is 4.39 Å². The third kappa shape index (κ3) is 4.55. The van der Waals surface area contributed by atoms with Crippen molar-refractivity contribution in [2.24, 2.45) is 5.92 Å². The normalized spacial score (nSPS) is 12.1. The lowest BCUT2D eigenvalue weighted by Gasteiger charge is -2.13. The predicted octanol–water partition coefficient (Wildman–Crippen LogP) is 4.73. The zero-order valence-electron chi connectivity index (χ0n) is 11.0. The molecule has 0 aliphatic rings. The van der Waals surface area contributed by atoms with E-state index in [0.29, 0.717) is 17.0 Å². The molecule has 1 N–H and O–H groups in total. The molecule has 2 aromatic carbocycles. The van der Waals surface area contributed by atoms with Crippen LogP contribution in [-0.2, 0) is 17.6 Å². The van der Waals surface area contributed by atoms with Crippen molar-refractivity contribution in [2.75, 3.05) is 0 Å². The number of hydrogen-bond donors (Lipinski definition) is 1. The van der Waals surface area contributed by atoms with Crippen LogP contribution >= 0.6 is 27.5 Å². The van der Waals surface area contributed by atoms with Crippen LogP contribution in [0.2, 0.25) is 5.02 Å². The van der Waals surface area contributed by atoms with E-state index in [1.54, 1.807) is 36.4 Å². The van der Waals surface area contributed by atoms with Crippen molar-refractivity contribution in [2.45, 2.75) is 12.8 Å². The fourth-order valence-electron chi connectivity index (χ4n) is 2.12. The lowest BCUT2D eigenvalue weighted by atomic mass is 9.92. The van der Waals surface area contributed by atoms with E-state index < -0.39 is 11.9 Å². The largest absolute Gasteiger partial charge is 0.481 e. The van der Waals surface area contributed by atoms with Crippen LogP contribution in [0.25, 0.3) is 0 Å². The molecule has 1 atom stereocenters. The van der Waals surface area contributed by atoms with Crippen molar-refractivity contribution in [3.05, 3.63) is 68.9 Å². The monoisotopic (exact) mass is 370 g/mol. The number of benzene rings is 2.